The number of hydrogen-bond donors (Lipinski definition) is 0. The van der Waals surface area contributed by atoms with Gasteiger partial charge in [-0.15, -0.1) is 0 Å². The molecule has 78 valence electrons. The molecule has 0 fully saturated rings. The molecule has 2 nitrogen and oxygen atoms in total. The summed E-state index contributed by atoms with van der Waals surface area (Å²) >= 11 is 0. The number of benzene rings is 1. The molecule has 0 spiro atoms. The maximum atomic E-state index is 8.65. The molecule has 0 radical (unpaired) electrons. The van der Waals surface area contributed by atoms with Crippen LogP contribution in [0.25, 0.3) is 0 Å². The Morgan fingerprint density at radius 2 is 2.27 bits per heavy atom. The zero-order valence-electron chi connectivity index (χ0n) is 9.16. The molecule has 0 saturated carbocycles. The van der Waals surface area contributed by atoms with E-state index < -0.39 is 0 Å². The molecule has 1 aromatic rings. The Kier molecular flexibility index (Phi) is 3.03. The molecule has 0 amide bonds. The second-order valence-electron chi connectivity index (χ2n) is 4.06. The van der Waals surface area contributed by atoms with E-state index in [4.69, 9.17) is 5.26 Å². The van der Waals surface area contributed by atoms with Gasteiger partial charge in [-0.2, -0.15) is 5.26 Å². The minimum absolute atomic E-state index is 0.533. The molecule has 15 heavy (non-hydrogen) atoms. The second-order valence-corrected chi connectivity index (χ2v) is 4.06. The Hall–Kier alpha value is -1.33. The third-order valence-corrected chi connectivity index (χ3v) is 3.09. The lowest BCUT2D eigenvalue weighted by Crippen LogP contribution is -2.30. The second kappa shape index (κ2) is 4.46. The van der Waals surface area contributed by atoms with Crippen molar-refractivity contribution >= 4 is 0 Å². The Bertz CT molecular complexity index is 390. The van der Waals surface area contributed by atoms with Crippen LogP contribution in [0.5, 0.6) is 0 Å². The number of rotatable bonds is 2. The van der Waals surface area contributed by atoms with Crippen molar-refractivity contribution in [3.05, 3.63) is 34.9 Å². The van der Waals surface area contributed by atoms with Crippen LogP contribution in [0.4, 0.5) is 0 Å². The number of nitrogens with zero attached hydrogens (tertiary/aromatic N) is 2. The van der Waals surface area contributed by atoms with Crippen molar-refractivity contribution in [2.75, 3.05) is 13.1 Å². The third kappa shape index (κ3) is 2.19. The fourth-order valence-corrected chi connectivity index (χ4v) is 2.14. The van der Waals surface area contributed by atoms with E-state index in [-0.39, 0.29) is 0 Å². The zero-order chi connectivity index (χ0) is 10.7. The maximum Gasteiger partial charge on any atom is 0.0669 e. The van der Waals surface area contributed by atoms with E-state index >= 15 is 0 Å². The molecular formula is C13H16N2. The van der Waals surface area contributed by atoms with E-state index in [9.17, 15) is 0 Å². The van der Waals surface area contributed by atoms with Gasteiger partial charge in [0.2, 0.25) is 0 Å². The van der Waals surface area contributed by atoms with Gasteiger partial charge in [0.15, 0.2) is 0 Å². The van der Waals surface area contributed by atoms with Crippen LogP contribution in [0.2, 0.25) is 0 Å². The Labute approximate surface area is 91.1 Å². The molecule has 1 aromatic carbocycles. The number of likely N-dealkylation sites (N-methyl/N-ethyl adjacent to an activating group) is 1. The minimum atomic E-state index is 0.533. The zero-order valence-corrected chi connectivity index (χ0v) is 9.16. The van der Waals surface area contributed by atoms with Crippen LogP contribution in [-0.4, -0.2) is 18.0 Å². The van der Waals surface area contributed by atoms with Gasteiger partial charge < -0.3 is 0 Å². The van der Waals surface area contributed by atoms with Gasteiger partial charge in [-0.05, 0) is 29.7 Å². The van der Waals surface area contributed by atoms with E-state index in [0.29, 0.717) is 6.42 Å². The summed E-state index contributed by atoms with van der Waals surface area (Å²) in [7, 11) is 0. The molecule has 1 aliphatic rings. The summed E-state index contributed by atoms with van der Waals surface area (Å²) in [6, 6.07) is 8.67. The maximum absolute atomic E-state index is 8.65. The highest BCUT2D eigenvalue weighted by Crippen LogP contribution is 2.20. The Morgan fingerprint density at radius 3 is 3.00 bits per heavy atom. The molecule has 1 heterocycles. The van der Waals surface area contributed by atoms with Gasteiger partial charge in [0.25, 0.3) is 0 Å². The number of fused-ring (bicyclic) bond motifs is 1. The minimum Gasteiger partial charge on any atom is -0.299 e. The lowest BCUT2D eigenvalue weighted by Gasteiger charge is -2.27. The SMILES string of the molecule is CCN1CCc2cc(CC#N)ccc2C1. The quantitative estimate of drug-likeness (QED) is 0.731. The topological polar surface area (TPSA) is 27.0 Å². The van der Waals surface area contributed by atoms with Crippen molar-refractivity contribution in [2.45, 2.75) is 26.3 Å². The van der Waals surface area contributed by atoms with E-state index in [0.717, 1.165) is 31.6 Å². The third-order valence-electron chi connectivity index (χ3n) is 3.09. The first-order valence-electron chi connectivity index (χ1n) is 5.53. The van der Waals surface area contributed by atoms with Crippen LogP contribution in [0.15, 0.2) is 18.2 Å². The summed E-state index contributed by atoms with van der Waals surface area (Å²) in [5.74, 6) is 0. The summed E-state index contributed by atoms with van der Waals surface area (Å²) < 4.78 is 0. The highest BCUT2D eigenvalue weighted by Gasteiger charge is 2.14. The molecule has 0 atom stereocenters. The molecule has 2 rings (SSSR count). The molecule has 0 aliphatic carbocycles. The molecule has 2 heteroatoms. The molecular weight excluding hydrogens is 184 g/mol. The van der Waals surface area contributed by atoms with Crippen molar-refractivity contribution in [3.8, 4) is 6.07 Å². The van der Waals surface area contributed by atoms with Crippen LogP contribution in [0.3, 0.4) is 0 Å². The van der Waals surface area contributed by atoms with Gasteiger partial charge in [-0.3, -0.25) is 4.90 Å². The predicted molar refractivity (Wildman–Crippen MR) is 60.4 cm³/mol. The largest absolute Gasteiger partial charge is 0.299 e. The first kappa shape index (κ1) is 10.2. The van der Waals surface area contributed by atoms with Crippen molar-refractivity contribution in [2.24, 2.45) is 0 Å². The van der Waals surface area contributed by atoms with Gasteiger partial charge in [-0.25, -0.2) is 0 Å². The van der Waals surface area contributed by atoms with Crippen LogP contribution in [0.1, 0.15) is 23.6 Å². The fraction of sp³-hybridized carbons (Fsp3) is 0.462. The van der Waals surface area contributed by atoms with Gasteiger partial charge in [-0.1, -0.05) is 25.1 Å². The molecule has 0 saturated heterocycles. The average molecular weight is 200 g/mol. The normalized spacial score (nSPS) is 15.7. The van der Waals surface area contributed by atoms with Gasteiger partial charge >= 0.3 is 0 Å². The monoisotopic (exact) mass is 200 g/mol. The number of hydrogen-bond acceptors (Lipinski definition) is 2. The standard InChI is InChI=1S/C13H16N2/c1-2-15-8-6-12-9-11(5-7-14)3-4-13(12)10-15/h3-4,9H,2,5-6,8,10H2,1H3. The van der Waals surface area contributed by atoms with Crippen LogP contribution in [0, 0.1) is 11.3 Å². The van der Waals surface area contributed by atoms with Crippen molar-refractivity contribution in [1.29, 1.82) is 5.26 Å². The number of nitriles is 1. The van der Waals surface area contributed by atoms with Crippen molar-refractivity contribution < 1.29 is 0 Å². The Morgan fingerprint density at radius 1 is 1.40 bits per heavy atom. The smallest absolute Gasteiger partial charge is 0.0669 e. The van der Waals surface area contributed by atoms with E-state index in [1.165, 1.54) is 11.1 Å². The Balaban J connectivity index is 2.21. The summed E-state index contributed by atoms with van der Waals surface area (Å²) in [6.45, 7) is 5.55. The van der Waals surface area contributed by atoms with Gasteiger partial charge in [0.05, 0.1) is 12.5 Å². The highest BCUT2D eigenvalue weighted by atomic mass is 15.1. The molecule has 0 N–H and O–H groups in total. The van der Waals surface area contributed by atoms with Crippen LogP contribution in [-0.2, 0) is 19.4 Å². The predicted octanol–water partition coefficient (Wildman–Crippen LogP) is 2.13. The fourth-order valence-electron chi connectivity index (χ4n) is 2.14. The lowest BCUT2D eigenvalue weighted by molar-refractivity contribution is 0.268. The summed E-state index contributed by atoms with van der Waals surface area (Å²) in [6.07, 6.45) is 1.66. The highest BCUT2D eigenvalue weighted by molar-refractivity contribution is 5.34. The van der Waals surface area contributed by atoms with E-state index in [1.807, 2.05) is 0 Å². The average Bonchev–Trinajstić information content (AvgIpc) is 2.29. The van der Waals surface area contributed by atoms with Crippen LogP contribution < -0.4 is 0 Å². The van der Waals surface area contributed by atoms with Crippen molar-refractivity contribution in [3.63, 3.8) is 0 Å². The molecule has 0 unspecified atom stereocenters. The summed E-state index contributed by atoms with van der Waals surface area (Å²) in [5, 5.41) is 8.65. The lowest BCUT2D eigenvalue weighted by atomic mass is 9.96. The molecule has 0 bridgehead atoms. The van der Waals surface area contributed by atoms with Crippen LogP contribution >= 0.6 is 0 Å². The van der Waals surface area contributed by atoms with Gasteiger partial charge in [0.1, 0.15) is 0 Å². The summed E-state index contributed by atoms with van der Waals surface area (Å²) in [5.41, 5.74) is 4.03. The van der Waals surface area contributed by atoms with E-state index in [2.05, 4.69) is 36.1 Å². The molecule has 0 aromatic heterocycles. The van der Waals surface area contributed by atoms with Gasteiger partial charge in [0, 0.05) is 13.1 Å². The molecule has 1 aliphatic heterocycles. The van der Waals surface area contributed by atoms with E-state index in [1.54, 1.807) is 0 Å². The first-order chi connectivity index (χ1) is 7.33. The summed E-state index contributed by atoms with van der Waals surface area (Å²) in [4.78, 5) is 2.45. The first-order valence-corrected chi connectivity index (χ1v) is 5.53. The van der Waals surface area contributed by atoms with Crippen molar-refractivity contribution in [1.82, 2.24) is 4.90 Å².